The third-order valence-electron chi connectivity index (χ3n) is 2.74. The maximum atomic E-state index is 13.7. The zero-order valence-electron chi connectivity index (χ0n) is 11.5. The average molecular weight is 305 g/mol. The lowest BCUT2D eigenvalue weighted by Gasteiger charge is -2.03. The van der Waals surface area contributed by atoms with Gasteiger partial charge >= 0.3 is 0 Å². The van der Waals surface area contributed by atoms with Crippen LogP contribution in [0.25, 0.3) is 16.5 Å². The number of carbonyl (C=O) groups is 1. The van der Waals surface area contributed by atoms with Crippen LogP contribution in [-0.4, -0.2) is 23.7 Å². The first-order valence-corrected chi connectivity index (χ1v) is 7.36. The monoisotopic (exact) mass is 305 g/mol. The first-order valence-electron chi connectivity index (χ1n) is 6.55. The van der Waals surface area contributed by atoms with Crippen molar-refractivity contribution in [2.75, 3.05) is 6.54 Å². The number of rotatable bonds is 5. The lowest BCUT2D eigenvalue weighted by Crippen LogP contribution is -2.28. The fourth-order valence-electron chi connectivity index (χ4n) is 1.71. The van der Waals surface area contributed by atoms with Crippen molar-refractivity contribution in [2.45, 2.75) is 13.0 Å². The molecule has 0 fully saturated rings. The molecule has 0 aliphatic rings. The van der Waals surface area contributed by atoms with E-state index < -0.39 is 6.10 Å². The maximum Gasteiger partial charge on any atom is 0.244 e. The van der Waals surface area contributed by atoms with Gasteiger partial charge in [-0.1, -0.05) is 18.2 Å². The summed E-state index contributed by atoms with van der Waals surface area (Å²) in [6.45, 7) is 1.82. The van der Waals surface area contributed by atoms with Gasteiger partial charge in [0.25, 0.3) is 0 Å². The summed E-state index contributed by atoms with van der Waals surface area (Å²) in [5.74, 6) is -0.527. The Bertz CT molecular complexity index is 649. The van der Waals surface area contributed by atoms with Crippen molar-refractivity contribution in [1.82, 2.24) is 5.32 Å². The molecule has 1 amide bonds. The van der Waals surface area contributed by atoms with Crippen molar-refractivity contribution >= 4 is 23.3 Å². The molecular weight excluding hydrogens is 289 g/mol. The third kappa shape index (κ3) is 4.51. The molecule has 0 aliphatic heterocycles. The Labute approximate surface area is 126 Å². The first-order chi connectivity index (χ1) is 10.1. The summed E-state index contributed by atoms with van der Waals surface area (Å²) in [6.07, 6.45) is 2.50. The number of aliphatic hydroxyl groups is 1. The number of carbonyl (C=O) groups excluding carboxylic acids is 1. The summed E-state index contributed by atoms with van der Waals surface area (Å²) in [4.78, 5) is 13.2. The zero-order valence-corrected chi connectivity index (χ0v) is 12.4. The Hall–Kier alpha value is -1.98. The minimum absolute atomic E-state index is 0.216. The Balaban J connectivity index is 2.04. The van der Waals surface area contributed by atoms with Crippen LogP contribution in [0.15, 0.2) is 42.5 Å². The van der Waals surface area contributed by atoms with E-state index in [2.05, 4.69) is 5.32 Å². The van der Waals surface area contributed by atoms with E-state index >= 15 is 0 Å². The lowest BCUT2D eigenvalue weighted by atomic mass is 10.2. The number of hydrogen-bond donors (Lipinski definition) is 2. The highest BCUT2D eigenvalue weighted by Crippen LogP contribution is 2.30. The number of nitrogens with one attached hydrogen (secondary N) is 1. The molecule has 1 aromatic heterocycles. The SMILES string of the molecule is CC(O)CNC(=O)/C=C/c1ccc(-c2ccccc2F)s1. The van der Waals surface area contributed by atoms with Crippen molar-refractivity contribution in [3.05, 3.63) is 53.2 Å². The molecule has 2 N–H and O–H groups in total. The van der Waals surface area contributed by atoms with Crippen LogP contribution in [0.1, 0.15) is 11.8 Å². The standard InChI is InChI=1S/C16H16FNO2S/c1-11(19)10-18-16(20)9-7-12-6-8-15(21-12)13-4-2-3-5-14(13)17/h2-9,11,19H,10H2,1H3,(H,18,20)/b9-7+. The highest BCUT2D eigenvalue weighted by atomic mass is 32.1. The molecular formula is C16H16FNO2S. The maximum absolute atomic E-state index is 13.7. The number of thiophene rings is 1. The summed E-state index contributed by atoms with van der Waals surface area (Å²) < 4.78 is 13.7. The molecule has 110 valence electrons. The van der Waals surface area contributed by atoms with Gasteiger partial charge in [-0.25, -0.2) is 4.39 Å². The van der Waals surface area contributed by atoms with E-state index in [1.165, 1.54) is 23.5 Å². The molecule has 0 bridgehead atoms. The fraction of sp³-hybridized carbons (Fsp3) is 0.188. The van der Waals surface area contributed by atoms with Crippen LogP contribution in [0.3, 0.4) is 0 Å². The first kappa shape index (κ1) is 15.4. The molecule has 0 saturated heterocycles. The topological polar surface area (TPSA) is 49.3 Å². The van der Waals surface area contributed by atoms with E-state index in [1.807, 2.05) is 12.1 Å². The summed E-state index contributed by atoms with van der Waals surface area (Å²) in [5, 5.41) is 11.6. The molecule has 1 aromatic carbocycles. The van der Waals surface area contributed by atoms with Crippen LogP contribution in [0, 0.1) is 5.82 Å². The average Bonchev–Trinajstić information content (AvgIpc) is 2.92. The van der Waals surface area contributed by atoms with Crippen molar-refractivity contribution in [2.24, 2.45) is 0 Å². The zero-order chi connectivity index (χ0) is 15.2. The lowest BCUT2D eigenvalue weighted by molar-refractivity contribution is -0.116. The van der Waals surface area contributed by atoms with Gasteiger partial charge in [0.1, 0.15) is 5.82 Å². The highest BCUT2D eigenvalue weighted by Gasteiger charge is 2.06. The van der Waals surface area contributed by atoms with E-state index in [0.717, 1.165) is 9.75 Å². The second-order valence-corrected chi connectivity index (χ2v) is 5.72. The van der Waals surface area contributed by atoms with Gasteiger partial charge in [-0.15, -0.1) is 11.3 Å². The molecule has 0 aliphatic carbocycles. The van der Waals surface area contributed by atoms with Crippen molar-refractivity contribution in [3.8, 4) is 10.4 Å². The third-order valence-corrected chi connectivity index (χ3v) is 3.82. The van der Waals surface area contributed by atoms with Crippen molar-refractivity contribution < 1.29 is 14.3 Å². The molecule has 2 rings (SSSR count). The quantitative estimate of drug-likeness (QED) is 0.834. The highest BCUT2D eigenvalue weighted by molar-refractivity contribution is 7.16. The van der Waals surface area contributed by atoms with E-state index in [9.17, 15) is 9.18 Å². The van der Waals surface area contributed by atoms with Crippen LogP contribution >= 0.6 is 11.3 Å². The minimum atomic E-state index is -0.572. The second-order valence-electron chi connectivity index (χ2n) is 4.61. The van der Waals surface area contributed by atoms with Crippen LogP contribution < -0.4 is 5.32 Å². The van der Waals surface area contributed by atoms with E-state index in [4.69, 9.17) is 5.11 Å². The van der Waals surface area contributed by atoms with Crippen LogP contribution in [0.2, 0.25) is 0 Å². The summed E-state index contributed by atoms with van der Waals surface area (Å²) in [6, 6.07) is 10.3. The normalized spacial score (nSPS) is 12.5. The van der Waals surface area contributed by atoms with Crippen molar-refractivity contribution in [1.29, 1.82) is 0 Å². The molecule has 3 nitrogen and oxygen atoms in total. The molecule has 2 aromatic rings. The van der Waals surface area contributed by atoms with E-state index in [0.29, 0.717) is 5.56 Å². The largest absolute Gasteiger partial charge is 0.392 e. The molecule has 0 spiro atoms. The van der Waals surface area contributed by atoms with Gasteiger partial charge in [0, 0.05) is 27.9 Å². The predicted octanol–water partition coefficient (Wildman–Crippen LogP) is 3.06. The second kappa shape index (κ2) is 7.15. The Morgan fingerprint density at radius 2 is 2.14 bits per heavy atom. The van der Waals surface area contributed by atoms with E-state index in [1.54, 1.807) is 31.2 Å². The van der Waals surface area contributed by atoms with Gasteiger partial charge in [-0.3, -0.25) is 4.79 Å². The summed E-state index contributed by atoms with van der Waals surface area (Å²) in [5.41, 5.74) is 0.556. The van der Waals surface area contributed by atoms with Gasteiger partial charge in [-0.2, -0.15) is 0 Å². The number of benzene rings is 1. The molecule has 1 unspecified atom stereocenters. The number of hydrogen-bond acceptors (Lipinski definition) is 3. The molecule has 1 atom stereocenters. The number of aliphatic hydroxyl groups excluding tert-OH is 1. The van der Waals surface area contributed by atoms with Gasteiger partial charge in [0.15, 0.2) is 0 Å². The number of amides is 1. The van der Waals surface area contributed by atoms with Crippen molar-refractivity contribution in [3.63, 3.8) is 0 Å². The Morgan fingerprint density at radius 1 is 1.38 bits per heavy atom. The summed E-state index contributed by atoms with van der Waals surface area (Å²) in [7, 11) is 0. The molecule has 1 heterocycles. The Kier molecular flexibility index (Phi) is 5.25. The summed E-state index contributed by atoms with van der Waals surface area (Å²) >= 11 is 1.41. The van der Waals surface area contributed by atoms with Gasteiger partial charge in [0.2, 0.25) is 5.91 Å². The van der Waals surface area contributed by atoms with E-state index in [-0.39, 0.29) is 18.3 Å². The van der Waals surface area contributed by atoms with Crippen LogP contribution in [-0.2, 0) is 4.79 Å². The molecule has 21 heavy (non-hydrogen) atoms. The van der Waals surface area contributed by atoms with Gasteiger partial charge in [-0.05, 0) is 31.2 Å². The Morgan fingerprint density at radius 3 is 2.86 bits per heavy atom. The number of halogens is 1. The van der Waals surface area contributed by atoms with Crippen LogP contribution in [0.5, 0.6) is 0 Å². The fourth-order valence-corrected chi connectivity index (χ4v) is 2.65. The smallest absolute Gasteiger partial charge is 0.244 e. The van der Waals surface area contributed by atoms with Crippen LogP contribution in [0.4, 0.5) is 4.39 Å². The minimum Gasteiger partial charge on any atom is -0.392 e. The van der Waals surface area contributed by atoms with Gasteiger partial charge in [0.05, 0.1) is 6.10 Å². The molecule has 0 radical (unpaired) electrons. The van der Waals surface area contributed by atoms with Gasteiger partial charge < -0.3 is 10.4 Å². The predicted molar refractivity (Wildman–Crippen MR) is 83.4 cm³/mol. The molecule has 5 heteroatoms. The molecule has 0 saturated carbocycles.